The van der Waals surface area contributed by atoms with E-state index in [1.165, 1.54) is 12.1 Å². The second-order valence-electron chi connectivity index (χ2n) is 8.75. The lowest BCUT2D eigenvalue weighted by atomic mass is 9.96. The first-order valence-corrected chi connectivity index (χ1v) is 12.6. The van der Waals surface area contributed by atoms with E-state index in [1.807, 2.05) is 30.3 Å². The number of rotatable bonds is 7. The number of carboxylic acids is 1. The Labute approximate surface area is 229 Å². The van der Waals surface area contributed by atoms with Crippen molar-refractivity contribution in [1.82, 2.24) is 10.2 Å². The predicted molar refractivity (Wildman–Crippen MR) is 145 cm³/mol. The van der Waals surface area contributed by atoms with E-state index in [4.69, 9.17) is 23.2 Å². The van der Waals surface area contributed by atoms with Crippen molar-refractivity contribution >= 4 is 46.6 Å². The number of benzene rings is 3. The number of aliphatic carboxylic acids is 1. The van der Waals surface area contributed by atoms with Gasteiger partial charge >= 0.3 is 5.97 Å². The summed E-state index contributed by atoms with van der Waals surface area (Å²) in [5.74, 6) is -2.01. The quantitative estimate of drug-likeness (QED) is 0.421. The standard InChI is InChI=1S/C29H23Cl2N3O4/c30-23-6-3-7-24(31)26(23)27(35)33-25(29(37)38)16-18-8-10-19(11-9-18)20-12-14-34(15-13-20)28(36)22-5-2-1-4-21(22)17-32/h1-12,25H,13-16H2,(H,33,35)(H,37,38)/t25-/m0/s1. The average molecular weight is 548 g/mol. The van der Waals surface area contributed by atoms with Gasteiger partial charge in [0.2, 0.25) is 0 Å². The molecule has 0 aliphatic carbocycles. The zero-order valence-corrected chi connectivity index (χ0v) is 21.7. The predicted octanol–water partition coefficient (Wildman–Crippen LogP) is 5.22. The zero-order valence-electron chi connectivity index (χ0n) is 20.2. The lowest BCUT2D eigenvalue weighted by molar-refractivity contribution is -0.139. The molecule has 0 bridgehead atoms. The van der Waals surface area contributed by atoms with Crippen LogP contribution < -0.4 is 5.32 Å². The number of hydrogen-bond acceptors (Lipinski definition) is 4. The van der Waals surface area contributed by atoms with Crippen LogP contribution in [0.1, 0.15) is 43.8 Å². The molecule has 4 rings (SSSR count). The molecule has 1 atom stereocenters. The van der Waals surface area contributed by atoms with Crippen molar-refractivity contribution in [1.29, 1.82) is 5.26 Å². The molecule has 1 aliphatic heterocycles. The normalized spacial score (nSPS) is 13.7. The largest absolute Gasteiger partial charge is 0.480 e. The van der Waals surface area contributed by atoms with Gasteiger partial charge < -0.3 is 15.3 Å². The van der Waals surface area contributed by atoms with Gasteiger partial charge in [0.25, 0.3) is 11.8 Å². The smallest absolute Gasteiger partial charge is 0.326 e. The van der Waals surface area contributed by atoms with Gasteiger partial charge in [-0.15, -0.1) is 0 Å². The Hall–Kier alpha value is -4.12. The van der Waals surface area contributed by atoms with E-state index in [2.05, 4.69) is 11.4 Å². The fourth-order valence-electron chi connectivity index (χ4n) is 4.29. The number of carbonyl (C=O) groups excluding carboxylic acids is 2. The molecule has 0 spiro atoms. The fourth-order valence-corrected chi connectivity index (χ4v) is 4.86. The molecule has 0 fully saturated rings. The van der Waals surface area contributed by atoms with Crippen LogP contribution in [0.3, 0.4) is 0 Å². The van der Waals surface area contributed by atoms with Gasteiger partial charge in [0.05, 0.1) is 32.8 Å². The highest BCUT2D eigenvalue weighted by Crippen LogP contribution is 2.26. The molecule has 0 aromatic heterocycles. The van der Waals surface area contributed by atoms with Crippen LogP contribution in [0.15, 0.2) is 72.8 Å². The van der Waals surface area contributed by atoms with Gasteiger partial charge in [-0.2, -0.15) is 5.26 Å². The number of nitriles is 1. The molecule has 0 saturated carbocycles. The van der Waals surface area contributed by atoms with Crippen molar-refractivity contribution in [2.45, 2.75) is 18.9 Å². The van der Waals surface area contributed by atoms with Crippen molar-refractivity contribution in [3.05, 3.63) is 111 Å². The Morgan fingerprint density at radius 1 is 1.00 bits per heavy atom. The summed E-state index contributed by atoms with van der Waals surface area (Å²) in [6, 6.07) is 19.7. The molecule has 1 aliphatic rings. The topological polar surface area (TPSA) is 111 Å². The van der Waals surface area contributed by atoms with E-state index < -0.39 is 17.9 Å². The first kappa shape index (κ1) is 26.9. The maximum Gasteiger partial charge on any atom is 0.326 e. The van der Waals surface area contributed by atoms with Gasteiger partial charge in [-0.3, -0.25) is 9.59 Å². The average Bonchev–Trinajstić information content (AvgIpc) is 2.92. The first-order valence-electron chi connectivity index (χ1n) is 11.8. The SMILES string of the molecule is N#Cc1ccccc1C(=O)N1CC=C(c2ccc(C[C@H](NC(=O)c3c(Cl)cccc3Cl)C(=O)O)cc2)CC1. The second-order valence-corrected chi connectivity index (χ2v) is 9.56. The molecule has 3 aromatic carbocycles. The summed E-state index contributed by atoms with van der Waals surface area (Å²) in [4.78, 5) is 39.1. The van der Waals surface area contributed by atoms with Crippen molar-refractivity contribution in [2.24, 2.45) is 0 Å². The van der Waals surface area contributed by atoms with Crippen molar-refractivity contribution in [3.8, 4) is 6.07 Å². The highest BCUT2D eigenvalue weighted by atomic mass is 35.5. The lowest BCUT2D eigenvalue weighted by Gasteiger charge is -2.27. The number of carbonyl (C=O) groups is 3. The van der Waals surface area contributed by atoms with Crippen LogP contribution in [0.2, 0.25) is 10.0 Å². The summed E-state index contributed by atoms with van der Waals surface area (Å²) in [6.07, 6.45) is 2.70. The maximum atomic E-state index is 12.9. The van der Waals surface area contributed by atoms with Gasteiger partial charge in [0.15, 0.2) is 0 Å². The Balaban J connectivity index is 1.41. The van der Waals surface area contributed by atoms with E-state index in [1.54, 1.807) is 35.2 Å². The number of nitrogens with zero attached hydrogens (tertiary/aromatic N) is 2. The highest BCUT2D eigenvalue weighted by molar-refractivity contribution is 6.39. The van der Waals surface area contributed by atoms with Crippen LogP contribution >= 0.6 is 23.2 Å². The molecule has 7 nitrogen and oxygen atoms in total. The molecule has 9 heteroatoms. The number of nitrogens with one attached hydrogen (secondary N) is 1. The van der Waals surface area contributed by atoms with Crippen LogP contribution in [0, 0.1) is 11.3 Å². The number of hydrogen-bond donors (Lipinski definition) is 2. The van der Waals surface area contributed by atoms with Crippen LogP contribution in [0.5, 0.6) is 0 Å². The summed E-state index contributed by atoms with van der Waals surface area (Å²) < 4.78 is 0. The van der Waals surface area contributed by atoms with E-state index in [0.29, 0.717) is 30.6 Å². The Morgan fingerprint density at radius 2 is 1.68 bits per heavy atom. The van der Waals surface area contributed by atoms with Crippen molar-refractivity contribution in [2.75, 3.05) is 13.1 Å². The Morgan fingerprint density at radius 3 is 2.29 bits per heavy atom. The molecule has 2 N–H and O–H groups in total. The van der Waals surface area contributed by atoms with Gasteiger partial charge in [0, 0.05) is 19.5 Å². The fraction of sp³-hybridized carbons (Fsp3) is 0.172. The molecule has 3 aromatic rings. The third kappa shape index (κ3) is 6.05. The molecule has 0 saturated heterocycles. The van der Waals surface area contributed by atoms with Gasteiger partial charge in [-0.25, -0.2) is 4.79 Å². The van der Waals surface area contributed by atoms with Gasteiger partial charge in [0.1, 0.15) is 6.04 Å². The van der Waals surface area contributed by atoms with E-state index in [-0.39, 0.29) is 27.9 Å². The van der Waals surface area contributed by atoms with Crippen LogP contribution in [-0.2, 0) is 11.2 Å². The lowest BCUT2D eigenvalue weighted by Crippen LogP contribution is -2.42. The summed E-state index contributed by atoms with van der Waals surface area (Å²) >= 11 is 12.2. The molecule has 1 heterocycles. The minimum absolute atomic E-state index is 0.0327. The molecular formula is C29H23Cl2N3O4. The molecule has 2 amide bonds. The summed E-state index contributed by atoms with van der Waals surface area (Å²) in [5.41, 5.74) is 3.56. The number of amides is 2. The third-order valence-corrected chi connectivity index (χ3v) is 6.96. The summed E-state index contributed by atoms with van der Waals surface area (Å²) in [7, 11) is 0. The van der Waals surface area contributed by atoms with E-state index >= 15 is 0 Å². The molecule has 0 unspecified atom stereocenters. The third-order valence-electron chi connectivity index (χ3n) is 6.33. The summed E-state index contributed by atoms with van der Waals surface area (Å²) in [5, 5.41) is 21.7. The Bertz CT molecular complexity index is 1440. The molecular weight excluding hydrogens is 525 g/mol. The van der Waals surface area contributed by atoms with Gasteiger partial charge in [-0.1, -0.05) is 71.7 Å². The first-order chi connectivity index (χ1) is 18.3. The highest BCUT2D eigenvalue weighted by Gasteiger charge is 2.24. The van der Waals surface area contributed by atoms with Crippen molar-refractivity contribution in [3.63, 3.8) is 0 Å². The van der Waals surface area contributed by atoms with Crippen LogP contribution in [0.4, 0.5) is 0 Å². The van der Waals surface area contributed by atoms with E-state index in [0.717, 1.165) is 16.7 Å². The summed E-state index contributed by atoms with van der Waals surface area (Å²) in [6.45, 7) is 0.942. The van der Waals surface area contributed by atoms with Gasteiger partial charge in [-0.05, 0) is 47.4 Å². The van der Waals surface area contributed by atoms with Crippen molar-refractivity contribution < 1.29 is 19.5 Å². The minimum Gasteiger partial charge on any atom is -0.480 e. The Kier molecular flexibility index (Phi) is 8.47. The molecule has 38 heavy (non-hydrogen) atoms. The number of carboxylic acid groups (broad SMARTS) is 1. The second kappa shape index (κ2) is 12.0. The maximum absolute atomic E-state index is 12.9. The van der Waals surface area contributed by atoms with Crippen LogP contribution in [-0.4, -0.2) is 46.9 Å². The number of halogens is 2. The van der Waals surface area contributed by atoms with Crippen LogP contribution in [0.25, 0.3) is 5.57 Å². The molecule has 0 radical (unpaired) electrons. The monoisotopic (exact) mass is 547 g/mol. The van der Waals surface area contributed by atoms with E-state index in [9.17, 15) is 24.8 Å². The zero-order chi connectivity index (χ0) is 27.2. The minimum atomic E-state index is -1.18. The molecule has 192 valence electrons.